The summed E-state index contributed by atoms with van der Waals surface area (Å²) in [7, 11) is 0. The molecular formula is C8H14O2S3. The van der Waals surface area contributed by atoms with E-state index in [1.165, 1.54) is 18.7 Å². The summed E-state index contributed by atoms with van der Waals surface area (Å²) in [5.41, 5.74) is 0. The Kier molecular flexibility index (Phi) is 6.00. The molecular weight excluding hydrogens is 224 g/mol. The van der Waals surface area contributed by atoms with E-state index in [0.29, 0.717) is 4.20 Å². The van der Waals surface area contributed by atoms with E-state index in [-0.39, 0.29) is 0 Å². The molecule has 76 valence electrons. The first-order chi connectivity index (χ1) is 5.92. The fraction of sp³-hybridized carbons (Fsp3) is 0.750. The summed E-state index contributed by atoms with van der Waals surface area (Å²) in [6, 6.07) is 0. The van der Waals surface area contributed by atoms with Crippen LogP contribution < -0.4 is 0 Å². The van der Waals surface area contributed by atoms with Crippen LogP contribution >= 0.6 is 36.6 Å². The number of rotatable bonds is 5. The highest BCUT2D eigenvalue weighted by atomic mass is 32.2. The third-order valence-corrected chi connectivity index (χ3v) is 4.19. The minimum Gasteiger partial charge on any atom is -0.480 e. The second-order valence-electron chi connectivity index (χ2n) is 2.87. The second-order valence-corrected chi connectivity index (χ2v) is 5.53. The second kappa shape index (κ2) is 5.88. The van der Waals surface area contributed by atoms with E-state index < -0.39 is 10.7 Å². The first-order valence-corrected chi connectivity index (χ1v) is 5.90. The zero-order valence-corrected chi connectivity index (χ0v) is 10.3. The molecule has 1 unspecified atom stereocenters. The summed E-state index contributed by atoms with van der Waals surface area (Å²) in [6.07, 6.45) is 2.14. The molecule has 1 atom stereocenters. The summed E-state index contributed by atoms with van der Waals surface area (Å²) in [5.74, 6) is -0.108. The molecule has 0 saturated carbocycles. The molecule has 0 aromatic rings. The summed E-state index contributed by atoms with van der Waals surface area (Å²) in [5, 5.41) is 8.79. The van der Waals surface area contributed by atoms with Crippen LogP contribution in [0.25, 0.3) is 0 Å². The summed E-state index contributed by atoms with van der Waals surface area (Å²) < 4.78 is -0.745. The predicted molar refractivity (Wildman–Crippen MR) is 65.0 cm³/mol. The normalized spacial score (nSPS) is 15.0. The average Bonchev–Trinajstić information content (AvgIpc) is 2.04. The highest BCUT2D eigenvalue weighted by Crippen LogP contribution is 2.25. The molecule has 0 saturated heterocycles. The minimum atomic E-state index is -1.19. The molecule has 0 bridgehead atoms. The Morgan fingerprint density at radius 3 is 2.62 bits per heavy atom. The lowest BCUT2D eigenvalue weighted by atomic mass is 10.2. The largest absolute Gasteiger partial charge is 0.480 e. The topological polar surface area (TPSA) is 37.3 Å². The van der Waals surface area contributed by atoms with Crippen molar-refractivity contribution >= 4 is 46.8 Å². The number of thiocarbonyl (C=S) groups is 1. The van der Waals surface area contributed by atoms with Gasteiger partial charge in [-0.2, -0.15) is 12.6 Å². The van der Waals surface area contributed by atoms with Gasteiger partial charge < -0.3 is 5.11 Å². The van der Waals surface area contributed by atoms with Crippen LogP contribution in [-0.4, -0.2) is 25.8 Å². The molecule has 0 aromatic carbocycles. The van der Waals surface area contributed by atoms with Gasteiger partial charge in [0.15, 0.2) is 0 Å². The summed E-state index contributed by atoms with van der Waals surface area (Å²) >= 11 is 10.4. The lowest BCUT2D eigenvalue weighted by molar-refractivity contribution is -0.137. The zero-order chi connectivity index (χ0) is 10.5. The maximum absolute atomic E-state index is 10.7. The fourth-order valence-electron chi connectivity index (χ4n) is 0.537. The molecule has 2 nitrogen and oxygen atoms in total. The van der Waals surface area contributed by atoms with E-state index >= 15 is 0 Å². The number of aliphatic carboxylic acids is 1. The van der Waals surface area contributed by atoms with Crippen LogP contribution in [0.15, 0.2) is 0 Å². The van der Waals surface area contributed by atoms with Crippen molar-refractivity contribution in [3.63, 3.8) is 0 Å². The van der Waals surface area contributed by atoms with Crippen LogP contribution in [0.1, 0.15) is 26.7 Å². The lowest BCUT2D eigenvalue weighted by Crippen LogP contribution is -2.35. The van der Waals surface area contributed by atoms with Crippen molar-refractivity contribution < 1.29 is 9.90 Å². The van der Waals surface area contributed by atoms with Gasteiger partial charge in [0.2, 0.25) is 0 Å². The van der Waals surface area contributed by atoms with Crippen LogP contribution in [0.3, 0.4) is 0 Å². The third kappa shape index (κ3) is 4.33. The Morgan fingerprint density at radius 1 is 1.69 bits per heavy atom. The van der Waals surface area contributed by atoms with Gasteiger partial charge in [-0.15, -0.1) is 11.8 Å². The van der Waals surface area contributed by atoms with Gasteiger partial charge in [-0.05, 0) is 19.1 Å². The Bertz CT molecular complexity index is 202. The van der Waals surface area contributed by atoms with Gasteiger partial charge in [-0.25, -0.2) is 0 Å². The number of carbonyl (C=O) groups is 1. The molecule has 0 aromatic heterocycles. The van der Waals surface area contributed by atoms with Gasteiger partial charge in [0, 0.05) is 0 Å². The standard InChI is InChI=1S/C8H14O2S3/c1-3-4-5-13-7(11)8(2,12)6(9)10/h12H,3-5H2,1-2H3,(H,9,10). The first-order valence-electron chi connectivity index (χ1n) is 4.06. The van der Waals surface area contributed by atoms with Crippen LogP contribution in [0.4, 0.5) is 0 Å². The van der Waals surface area contributed by atoms with Crippen LogP contribution in [0, 0.1) is 0 Å². The molecule has 0 rings (SSSR count). The molecule has 0 radical (unpaired) electrons. The van der Waals surface area contributed by atoms with E-state index in [0.717, 1.165) is 18.6 Å². The van der Waals surface area contributed by atoms with E-state index in [9.17, 15) is 4.79 Å². The number of thiol groups is 1. The molecule has 13 heavy (non-hydrogen) atoms. The molecule has 5 heteroatoms. The van der Waals surface area contributed by atoms with Gasteiger partial charge in [0.25, 0.3) is 0 Å². The van der Waals surface area contributed by atoms with Gasteiger partial charge in [-0.3, -0.25) is 4.79 Å². The Morgan fingerprint density at radius 2 is 2.23 bits per heavy atom. The molecule has 0 spiro atoms. The average molecular weight is 238 g/mol. The van der Waals surface area contributed by atoms with Gasteiger partial charge >= 0.3 is 5.97 Å². The van der Waals surface area contributed by atoms with E-state index in [2.05, 4.69) is 19.6 Å². The SMILES string of the molecule is CCCCSC(=S)C(C)(S)C(=O)O. The van der Waals surface area contributed by atoms with Crippen molar-refractivity contribution in [3.05, 3.63) is 0 Å². The molecule has 0 fully saturated rings. The minimum absolute atomic E-state index is 0.441. The highest BCUT2D eigenvalue weighted by Gasteiger charge is 2.33. The monoisotopic (exact) mass is 238 g/mol. The van der Waals surface area contributed by atoms with E-state index in [4.69, 9.17) is 17.3 Å². The Balaban J connectivity index is 4.03. The summed E-state index contributed by atoms with van der Waals surface area (Å²) in [6.45, 7) is 3.60. The van der Waals surface area contributed by atoms with Crippen molar-refractivity contribution in [2.24, 2.45) is 0 Å². The van der Waals surface area contributed by atoms with Crippen LogP contribution in [0.5, 0.6) is 0 Å². The molecule has 0 amide bonds. The van der Waals surface area contributed by atoms with Gasteiger partial charge in [-0.1, -0.05) is 25.6 Å². The maximum Gasteiger partial charge on any atom is 0.325 e. The zero-order valence-electron chi connectivity index (χ0n) is 7.74. The Labute approximate surface area is 93.9 Å². The van der Waals surface area contributed by atoms with Crippen molar-refractivity contribution in [3.8, 4) is 0 Å². The van der Waals surface area contributed by atoms with Crippen molar-refractivity contribution in [1.29, 1.82) is 0 Å². The smallest absolute Gasteiger partial charge is 0.325 e. The van der Waals surface area contributed by atoms with Crippen LogP contribution in [0.2, 0.25) is 0 Å². The van der Waals surface area contributed by atoms with E-state index in [1.54, 1.807) is 0 Å². The number of hydrogen-bond donors (Lipinski definition) is 2. The van der Waals surface area contributed by atoms with Crippen molar-refractivity contribution in [2.45, 2.75) is 31.4 Å². The van der Waals surface area contributed by atoms with Crippen molar-refractivity contribution in [2.75, 3.05) is 5.75 Å². The maximum atomic E-state index is 10.7. The number of unbranched alkanes of at least 4 members (excludes halogenated alkanes) is 1. The summed E-state index contributed by atoms with van der Waals surface area (Å²) in [4.78, 5) is 10.7. The first kappa shape index (κ1) is 13.3. The quantitative estimate of drug-likeness (QED) is 0.439. The third-order valence-electron chi connectivity index (χ3n) is 1.54. The molecule has 0 aliphatic carbocycles. The number of carboxylic acids is 1. The van der Waals surface area contributed by atoms with E-state index in [1.807, 2.05) is 0 Å². The van der Waals surface area contributed by atoms with Crippen molar-refractivity contribution in [1.82, 2.24) is 0 Å². The number of hydrogen-bond acceptors (Lipinski definition) is 4. The lowest BCUT2D eigenvalue weighted by Gasteiger charge is -2.18. The Hall–Kier alpha value is 0.260. The fourth-order valence-corrected chi connectivity index (χ4v) is 2.05. The predicted octanol–water partition coefficient (Wildman–Crippen LogP) is 2.62. The van der Waals surface area contributed by atoms with Gasteiger partial charge in [0.1, 0.15) is 4.75 Å². The van der Waals surface area contributed by atoms with Crippen LogP contribution in [-0.2, 0) is 4.79 Å². The van der Waals surface area contributed by atoms with Gasteiger partial charge in [0.05, 0.1) is 4.20 Å². The molecule has 0 aliphatic rings. The number of thioether (sulfide) groups is 1. The molecule has 0 heterocycles. The molecule has 1 N–H and O–H groups in total. The highest BCUT2D eigenvalue weighted by molar-refractivity contribution is 8.24. The molecule has 0 aliphatic heterocycles. The number of carboxylic acid groups (broad SMARTS) is 1.